The molecule has 1 aliphatic heterocycles. The molecule has 3 amide bonds. The van der Waals surface area contributed by atoms with Gasteiger partial charge in [-0.25, -0.2) is 4.39 Å². The van der Waals surface area contributed by atoms with Crippen molar-refractivity contribution >= 4 is 35.1 Å². The molecule has 0 fully saturated rings. The summed E-state index contributed by atoms with van der Waals surface area (Å²) in [5.41, 5.74) is 3.49. The standard InChI is InChI=1S/C27H35FN4O5.CH4/c1-5-32(6-2)24(35)13-19(34)12-18(33)9-10-29-27(37)25-15(3)23(30-16(25)4)14-21-20-11-17(28)7-8-22(20)31-26(21)36;/h7-8,11,14,18-19,30,33-34H,5-6,9-10,12-13H2,1-4H3,(H,29,37)(H,31,36);1H4/b21-14-;/t18-,19-;/m1./s1. The molecule has 0 saturated heterocycles. The van der Waals surface area contributed by atoms with Crippen molar-refractivity contribution in [1.29, 1.82) is 0 Å². The first-order chi connectivity index (χ1) is 17.5. The van der Waals surface area contributed by atoms with Crippen LogP contribution in [0, 0.1) is 19.7 Å². The molecule has 38 heavy (non-hydrogen) atoms. The summed E-state index contributed by atoms with van der Waals surface area (Å²) in [5, 5.41) is 25.9. The summed E-state index contributed by atoms with van der Waals surface area (Å²) in [6.07, 6.45) is -0.0493. The second kappa shape index (κ2) is 13.3. The number of aliphatic hydroxyl groups is 2. The summed E-state index contributed by atoms with van der Waals surface area (Å²) in [7, 11) is 0. The average molecular weight is 531 g/mol. The first-order valence-corrected chi connectivity index (χ1v) is 12.5. The number of anilines is 1. The van der Waals surface area contributed by atoms with Gasteiger partial charge in [-0.2, -0.15) is 0 Å². The third-order valence-electron chi connectivity index (χ3n) is 6.59. The van der Waals surface area contributed by atoms with Crippen LogP contribution in [0.5, 0.6) is 0 Å². The highest BCUT2D eigenvalue weighted by atomic mass is 19.1. The first-order valence-electron chi connectivity index (χ1n) is 12.5. The molecule has 2 aromatic rings. The SMILES string of the molecule is C.CCN(CC)C(=O)C[C@H](O)C[C@H](O)CCNC(=O)c1c(C)[nH]c(/C=C2\C(=O)Nc3ccc(F)cc32)c1C. The molecule has 0 bridgehead atoms. The van der Waals surface area contributed by atoms with Gasteiger partial charge in [0.05, 0.1) is 29.8 Å². The number of aryl methyl sites for hydroxylation is 1. The normalized spacial score (nSPS) is 14.9. The quantitative estimate of drug-likeness (QED) is 0.284. The maximum Gasteiger partial charge on any atom is 0.256 e. The highest BCUT2D eigenvalue weighted by molar-refractivity contribution is 6.34. The molecule has 1 aromatic heterocycles. The molecular weight excluding hydrogens is 491 g/mol. The van der Waals surface area contributed by atoms with E-state index in [0.29, 0.717) is 52.4 Å². The molecule has 9 nitrogen and oxygen atoms in total. The molecule has 0 aliphatic carbocycles. The third-order valence-corrected chi connectivity index (χ3v) is 6.59. The fraction of sp³-hybridized carbons (Fsp3) is 0.464. The number of hydrogen-bond donors (Lipinski definition) is 5. The molecule has 208 valence electrons. The van der Waals surface area contributed by atoms with E-state index in [-0.39, 0.29) is 51.0 Å². The number of nitrogens with zero attached hydrogens (tertiary/aromatic N) is 1. The number of carbonyl (C=O) groups is 3. The van der Waals surface area contributed by atoms with Crippen LogP contribution in [0.2, 0.25) is 0 Å². The van der Waals surface area contributed by atoms with Crippen molar-refractivity contribution in [1.82, 2.24) is 15.2 Å². The van der Waals surface area contributed by atoms with Gasteiger partial charge < -0.3 is 30.7 Å². The third kappa shape index (κ3) is 7.08. The van der Waals surface area contributed by atoms with Crippen LogP contribution in [0.25, 0.3) is 11.6 Å². The fourth-order valence-electron chi connectivity index (χ4n) is 4.57. The molecule has 5 N–H and O–H groups in total. The van der Waals surface area contributed by atoms with Gasteiger partial charge in [-0.1, -0.05) is 7.43 Å². The lowest BCUT2D eigenvalue weighted by atomic mass is 10.0. The Morgan fingerprint density at radius 1 is 1.16 bits per heavy atom. The second-order valence-corrected chi connectivity index (χ2v) is 9.22. The van der Waals surface area contributed by atoms with Gasteiger partial charge in [0.25, 0.3) is 11.8 Å². The van der Waals surface area contributed by atoms with E-state index in [0.717, 1.165) is 0 Å². The molecule has 1 aromatic carbocycles. The van der Waals surface area contributed by atoms with Gasteiger partial charge >= 0.3 is 0 Å². The number of H-pyrrole nitrogens is 1. The van der Waals surface area contributed by atoms with E-state index >= 15 is 0 Å². The summed E-state index contributed by atoms with van der Waals surface area (Å²) in [6, 6.07) is 4.07. The molecule has 3 rings (SSSR count). The van der Waals surface area contributed by atoms with Gasteiger partial charge in [-0.3, -0.25) is 14.4 Å². The number of carbonyl (C=O) groups excluding carboxylic acids is 3. The average Bonchev–Trinajstić information content (AvgIpc) is 3.28. The van der Waals surface area contributed by atoms with Crippen LogP contribution in [0.4, 0.5) is 10.1 Å². The molecule has 0 unspecified atom stereocenters. The minimum Gasteiger partial charge on any atom is -0.393 e. The van der Waals surface area contributed by atoms with E-state index in [2.05, 4.69) is 15.6 Å². The van der Waals surface area contributed by atoms with E-state index < -0.39 is 18.0 Å². The summed E-state index contributed by atoms with van der Waals surface area (Å²) >= 11 is 0. The van der Waals surface area contributed by atoms with Gasteiger partial charge in [0.2, 0.25) is 5.91 Å². The Hall–Kier alpha value is -3.50. The van der Waals surface area contributed by atoms with E-state index in [1.54, 1.807) is 24.8 Å². The number of halogens is 1. The molecule has 2 atom stereocenters. The molecule has 2 heterocycles. The Labute approximate surface area is 223 Å². The summed E-state index contributed by atoms with van der Waals surface area (Å²) in [4.78, 5) is 42.2. The summed E-state index contributed by atoms with van der Waals surface area (Å²) in [5.74, 6) is -1.31. The van der Waals surface area contributed by atoms with Crippen molar-refractivity contribution in [3.05, 3.63) is 52.1 Å². The van der Waals surface area contributed by atoms with Crippen molar-refractivity contribution in [3.8, 4) is 0 Å². The Kier molecular flexibility index (Phi) is 10.8. The minimum absolute atomic E-state index is 0. The van der Waals surface area contributed by atoms with Gasteiger partial charge in [-0.05, 0) is 70.4 Å². The minimum atomic E-state index is -0.963. The lowest BCUT2D eigenvalue weighted by Gasteiger charge is -2.21. The monoisotopic (exact) mass is 530 g/mol. The number of hydrogen-bond acceptors (Lipinski definition) is 5. The van der Waals surface area contributed by atoms with Crippen molar-refractivity contribution in [3.63, 3.8) is 0 Å². The predicted octanol–water partition coefficient (Wildman–Crippen LogP) is 3.39. The molecule has 1 aliphatic rings. The molecule has 0 spiro atoms. The Bertz CT molecular complexity index is 1200. The smallest absolute Gasteiger partial charge is 0.256 e. The Morgan fingerprint density at radius 3 is 2.50 bits per heavy atom. The molecule has 10 heteroatoms. The zero-order valence-electron chi connectivity index (χ0n) is 21.7. The van der Waals surface area contributed by atoms with Crippen LogP contribution in [-0.2, 0) is 9.59 Å². The van der Waals surface area contributed by atoms with Crippen LogP contribution in [0.1, 0.15) is 73.4 Å². The van der Waals surface area contributed by atoms with Crippen LogP contribution in [0.15, 0.2) is 18.2 Å². The topological polar surface area (TPSA) is 135 Å². The summed E-state index contributed by atoms with van der Waals surface area (Å²) < 4.78 is 13.7. The lowest BCUT2D eigenvalue weighted by molar-refractivity contribution is -0.133. The Balaban J connectivity index is 0.00000507. The van der Waals surface area contributed by atoms with E-state index in [1.807, 2.05) is 13.8 Å². The highest BCUT2D eigenvalue weighted by Gasteiger charge is 2.26. The number of aliphatic hydroxyl groups excluding tert-OH is 2. The van der Waals surface area contributed by atoms with Crippen LogP contribution < -0.4 is 10.6 Å². The second-order valence-electron chi connectivity index (χ2n) is 9.22. The zero-order valence-corrected chi connectivity index (χ0v) is 21.7. The van der Waals surface area contributed by atoms with Gasteiger partial charge in [0.15, 0.2) is 0 Å². The summed E-state index contributed by atoms with van der Waals surface area (Å²) in [6.45, 7) is 8.52. The van der Waals surface area contributed by atoms with E-state index in [9.17, 15) is 29.0 Å². The van der Waals surface area contributed by atoms with Crippen molar-refractivity contribution in [2.45, 2.75) is 66.6 Å². The van der Waals surface area contributed by atoms with Gasteiger partial charge in [0.1, 0.15) is 5.82 Å². The Morgan fingerprint density at radius 2 is 1.84 bits per heavy atom. The molecule has 0 radical (unpaired) electrons. The first kappa shape index (κ1) is 30.7. The van der Waals surface area contributed by atoms with E-state index in [1.165, 1.54) is 18.2 Å². The number of benzene rings is 1. The fourth-order valence-corrected chi connectivity index (χ4v) is 4.57. The van der Waals surface area contributed by atoms with Crippen LogP contribution in [0.3, 0.4) is 0 Å². The van der Waals surface area contributed by atoms with Crippen molar-refractivity contribution in [2.75, 3.05) is 25.0 Å². The van der Waals surface area contributed by atoms with Crippen molar-refractivity contribution in [2.24, 2.45) is 0 Å². The highest BCUT2D eigenvalue weighted by Crippen LogP contribution is 2.34. The molecule has 0 saturated carbocycles. The zero-order chi connectivity index (χ0) is 27.3. The number of aromatic amines is 1. The largest absolute Gasteiger partial charge is 0.393 e. The van der Waals surface area contributed by atoms with Crippen LogP contribution in [-0.4, -0.2) is 69.7 Å². The lowest BCUT2D eigenvalue weighted by Crippen LogP contribution is -2.34. The maximum absolute atomic E-state index is 13.7. The molecular formula is C28H39FN4O5. The van der Waals surface area contributed by atoms with E-state index in [4.69, 9.17) is 0 Å². The predicted molar refractivity (Wildman–Crippen MR) is 146 cm³/mol. The van der Waals surface area contributed by atoms with Crippen LogP contribution >= 0.6 is 0 Å². The van der Waals surface area contributed by atoms with Gasteiger partial charge in [0, 0.05) is 42.3 Å². The number of rotatable bonds is 11. The maximum atomic E-state index is 13.7. The number of nitrogens with one attached hydrogen (secondary N) is 3. The number of amides is 3. The van der Waals surface area contributed by atoms with Gasteiger partial charge in [-0.15, -0.1) is 0 Å². The number of aromatic nitrogens is 1. The van der Waals surface area contributed by atoms with Crippen molar-refractivity contribution < 1.29 is 29.0 Å². The number of fused-ring (bicyclic) bond motifs is 1.